The highest BCUT2D eigenvalue weighted by Gasteiger charge is 2.17. The first-order chi connectivity index (χ1) is 16.0. The van der Waals surface area contributed by atoms with E-state index in [1.165, 1.54) is 16.9 Å². The molecule has 3 aromatic rings. The van der Waals surface area contributed by atoms with E-state index in [1.807, 2.05) is 31.4 Å². The van der Waals surface area contributed by atoms with Crippen LogP contribution in [0.4, 0.5) is 9.93 Å². The Morgan fingerprint density at radius 2 is 2.09 bits per heavy atom. The third-order valence-corrected chi connectivity index (χ3v) is 4.93. The summed E-state index contributed by atoms with van der Waals surface area (Å²) in [6, 6.07) is -0.341. The van der Waals surface area contributed by atoms with Crippen molar-refractivity contribution >= 4 is 50.0 Å². The first-order valence-corrected chi connectivity index (χ1v) is 11.4. The molecular formula is C22H32ClN7O2S. The van der Waals surface area contributed by atoms with Gasteiger partial charge in [-0.3, -0.25) is 15.0 Å². The molecule has 0 aliphatic carbocycles. The van der Waals surface area contributed by atoms with Gasteiger partial charge >= 0.3 is 6.03 Å². The van der Waals surface area contributed by atoms with Crippen molar-refractivity contribution in [1.82, 2.24) is 30.0 Å². The molecule has 0 aromatic carbocycles. The number of terminal acetylenes is 1. The highest BCUT2D eigenvalue weighted by molar-refractivity contribution is 7.22. The molecular weight excluding hydrogens is 462 g/mol. The number of allylic oxidation sites excluding steroid dienone is 2. The van der Waals surface area contributed by atoms with Crippen molar-refractivity contribution in [3.63, 3.8) is 0 Å². The van der Waals surface area contributed by atoms with Crippen LogP contribution in [0.5, 0.6) is 0 Å². The molecule has 0 unspecified atom stereocenters. The second-order valence-electron chi connectivity index (χ2n) is 5.76. The third kappa shape index (κ3) is 9.10. The van der Waals surface area contributed by atoms with Crippen LogP contribution in [0.1, 0.15) is 39.8 Å². The molecule has 2 amide bonds. The lowest BCUT2D eigenvalue weighted by atomic mass is 10.2. The molecule has 0 aliphatic rings. The van der Waals surface area contributed by atoms with Crippen LogP contribution >= 0.6 is 22.9 Å². The van der Waals surface area contributed by atoms with E-state index in [0.717, 1.165) is 22.4 Å². The van der Waals surface area contributed by atoms with Gasteiger partial charge in [0.1, 0.15) is 11.0 Å². The minimum absolute atomic E-state index is 0.341. The van der Waals surface area contributed by atoms with Gasteiger partial charge in [-0.05, 0) is 18.9 Å². The molecule has 3 heterocycles. The van der Waals surface area contributed by atoms with E-state index in [1.54, 1.807) is 19.6 Å². The lowest BCUT2D eigenvalue weighted by Gasteiger charge is -2.04. The van der Waals surface area contributed by atoms with E-state index in [0.29, 0.717) is 29.7 Å². The Kier molecular flexibility index (Phi) is 15.8. The average molecular weight is 494 g/mol. The summed E-state index contributed by atoms with van der Waals surface area (Å²) >= 11 is 7.12. The number of anilines is 1. The van der Waals surface area contributed by atoms with Gasteiger partial charge < -0.3 is 10.1 Å². The van der Waals surface area contributed by atoms with Crippen molar-refractivity contribution in [1.29, 1.82) is 0 Å². The number of urea groups is 1. The largest absolute Gasteiger partial charge is 0.383 e. The normalized spacial score (nSPS) is 10.0. The molecule has 3 N–H and O–H groups in total. The first kappa shape index (κ1) is 29.9. The number of thiazole rings is 1. The van der Waals surface area contributed by atoms with E-state index in [4.69, 9.17) is 16.3 Å². The smallest absolute Gasteiger partial charge is 0.321 e. The van der Waals surface area contributed by atoms with Gasteiger partial charge in [-0.25, -0.2) is 14.8 Å². The minimum Gasteiger partial charge on any atom is -0.383 e. The molecule has 0 atom stereocenters. The number of nitrogens with zero attached hydrogens (tertiary/aromatic N) is 4. The Balaban J connectivity index is 0.00000113. The quantitative estimate of drug-likeness (QED) is 0.231. The molecule has 0 aliphatic heterocycles. The number of hydrogen-bond acceptors (Lipinski definition) is 6. The van der Waals surface area contributed by atoms with Crippen molar-refractivity contribution in [2.45, 2.75) is 34.1 Å². The van der Waals surface area contributed by atoms with Gasteiger partial charge in [0.25, 0.3) is 0 Å². The SMILES string of the molecule is C#C.C=CCC.CC.COCCNC(=O)Nc1nc2[nH]nc(-n3cncc3/C(C)=C\Cl)c2s1. The Hall–Kier alpha value is -3.13. The molecule has 180 valence electrons. The predicted molar refractivity (Wildman–Crippen MR) is 139 cm³/mol. The van der Waals surface area contributed by atoms with E-state index in [9.17, 15) is 4.79 Å². The van der Waals surface area contributed by atoms with Crippen LogP contribution in [-0.4, -0.2) is 51.0 Å². The Bertz CT molecular complexity index is 1020. The van der Waals surface area contributed by atoms with Crippen LogP contribution < -0.4 is 10.6 Å². The van der Waals surface area contributed by atoms with Crippen molar-refractivity contribution in [3.05, 3.63) is 36.4 Å². The number of methoxy groups -OCH3 is 1. The summed E-state index contributed by atoms with van der Waals surface area (Å²) in [6.45, 7) is 12.3. The number of amides is 2. The minimum atomic E-state index is -0.341. The number of aromatic nitrogens is 5. The standard InChI is InChI=1S/C14H16ClN7O2S.C4H8.C2H6.C2H2/c1-8(5-15)9-6-16-7-22(9)12-10-11(20-21-12)18-14(25-10)19-13(23)17-3-4-24-2;1-3-4-2;2*1-2/h5-7H,3-4H2,1-2H3,(H3,17,18,19,20,21,23);3H,1,4H2,2H3;1-2H3;1-2H/b8-5-;;;. The summed E-state index contributed by atoms with van der Waals surface area (Å²) in [5.41, 5.74) is 3.75. The number of imidazole rings is 1. The summed E-state index contributed by atoms with van der Waals surface area (Å²) in [5, 5.41) is 13.0. The number of rotatable bonds is 7. The molecule has 0 spiro atoms. The highest BCUT2D eigenvalue weighted by atomic mass is 35.5. The number of fused-ring (bicyclic) bond motifs is 1. The van der Waals surface area contributed by atoms with Crippen LogP contribution in [0.3, 0.4) is 0 Å². The monoisotopic (exact) mass is 493 g/mol. The molecule has 3 aromatic heterocycles. The molecule has 0 saturated heterocycles. The topological polar surface area (TPSA) is 110 Å². The summed E-state index contributed by atoms with van der Waals surface area (Å²) in [5.74, 6) is 0.644. The molecule has 11 heteroatoms. The fraction of sp³-hybridized carbons (Fsp3) is 0.364. The number of carbonyl (C=O) groups excluding carboxylic acids is 1. The number of hydrogen-bond donors (Lipinski definition) is 3. The Morgan fingerprint density at radius 1 is 1.42 bits per heavy atom. The number of nitrogens with one attached hydrogen (secondary N) is 3. The Morgan fingerprint density at radius 3 is 2.67 bits per heavy atom. The van der Waals surface area contributed by atoms with Gasteiger partial charge in [-0.2, -0.15) is 5.10 Å². The number of ether oxygens (including phenoxy) is 1. The van der Waals surface area contributed by atoms with E-state index in [2.05, 4.69) is 57.1 Å². The third-order valence-electron chi connectivity index (χ3n) is 3.63. The molecule has 0 saturated carbocycles. The second kappa shape index (κ2) is 17.4. The van der Waals surface area contributed by atoms with Gasteiger partial charge in [-0.15, -0.1) is 19.4 Å². The lowest BCUT2D eigenvalue weighted by molar-refractivity contribution is 0.198. The van der Waals surface area contributed by atoms with Crippen molar-refractivity contribution in [2.75, 3.05) is 25.6 Å². The molecule has 0 fully saturated rings. The van der Waals surface area contributed by atoms with Crippen molar-refractivity contribution in [3.8, 4) is 18.7 Å². The summed E-state index contributed by atoms with van der Waals surface area (Å²) in [6.07, 6.45) is 14.3. The van der Waals surface area contributed by atoms with Crippen LogP contribution in [0.25, 0.3) is 21.7 Å². The summed E-state index contributed by atoms with van der Waals surface area (Å²) < 4.78 is 7.50. The van der Waals surface area contributed by atoms with Gasteiger partial charge in [0.05, 0.1) is 18.5 Å². The van der Waals surface area contributed by atoms with E-state index in [-0.39, 0.29) is 6.03 Å². The fourth-order valence-electron chi connectivity index (χ4n) is 2.14. The lowest BCUT2D eigenvalue weighted by Crippen LogP contribution is -2.31. The second-order valence-corrected chi connectivity index (χ2v) is 6.97. The molecule has 3 rings (SSSR count). The van der Waals surface area contributed by atoms with E-state index >= 15 is 0 Å². The van der Waals surface area contributed by atoms with Crippen molar-refractivity contribution in [2.24, 2.45) is 0 Å². The number of carbonyl (C=O) groups is 1. The molecule has 0 radical (unpaired) electrons. The van der Waals surface area contributed by atoms with E-state index < -0.39 is 0 Å². The van der Waals surface area contributed by atoms with Gasteiger partial charge in [0.2, 0.25) is 0 Å². The highest BCUT2D eigenvalue weighted by Crippen LogP contribution is 2.31. The van der Waals surface area contributed by atoms with Gasteiger partial charge in [-0.1, -0.05) is 49.8 Å². The maximum absolute atomic E-state index is 11.8. The predicted octanol–water partition coefficient (Wildman–Crippen LogP) is 5.43. The fourth-order valence-corrected chi connectivity index (χ4v) is 3.15. The van der Waals surface area contributed by atoms with Gasteiger partial charge in [0, 0.05) is 19.2 Å². The average Bonchev–Trinajstić information content (AvgIpc) is 3.57. The maximum Gasteiger partial charge on any atom is 0.321 e. The maximum atomic E-state index is 11.8. The molecule has 9 nitrogen and oxygen atoms in total. The Labute approximate surface area is 204 Å². The molecule has 0 bridgehead atoms. The number of H-pyrrole nitrogens is 1. The zero-order valence-electron chi connectivity index (χ0n) is 19.7. The van der Waals surface area contributed by atoms with Crippen LogP contribution in [0, 0.1) is 12.8 Å². The van der Waals surface area contributed by atoms with Gasteiger partial charge in [0.15, 0.2) is 16.6 Å². The molecule has 33 heavy (non-hydrogen) atoms. The van der Waals surface area contributed by atoms with Crippen LogP contribution in [-0.2, 0) is 4.74 Å². The summed E-state index contributed by atoms with van der Waals surface area (Å²) in [4.78, 5) is 20.3. The van der Waals surface area contributed by atoms with Crippen molar-refractivity contribution < 1.29 is 9.53 Å². The number of halogens is 1. The van der Waals surface area contributed by atoms with Crippen LogP contribution in [0.15, 0.2) is 30.7 Å². The number of aromatic amines is 1. The first-order valence-electron chi connectivity index (χ1n) is 10.2. The zero-order chi connectivity index (χ0) is 25.2. The summed E-state index contributed by atoms with van der Waals surface area (Å²) in [7, 11) is 1.57. The zero-order valence-corrected chi connectivity index (χ0v) is 21.3. The van der Waals surface area contributed by atoms with Crippen LogP contribution in [0.2, 0.25) is 0 Å².